The molecule has 0 amide bonds. The number of thioether (sulfide) groups is 1. The first-order valence-electron chi connectivity index (χ1n) is 8.57. The number of aromatic nitrogens is 1. The van der Waals surface area contributed by atoms with Gasteiger partial charge >= 0.3 is 0 Å². The van der Waals surface area contributed by atoms with Crippen molar-refractivity contribution in [2.24, 2.45) is 5.16 Å². The molecule has 0 spiro atoms. The van der Waals surface area contributed by atoms with E-state index in [1.165, 1.54) is 12.3 Å². The molecule has 0 radical (unpaired) electrons. The number of rotatable bonds is 6. The maximum atomic E-state index is 10.8. The number of nitrogens with zero attached hydrogens (tertiary/aromatic N) is 1. The van der Waals surface area contributed by atoms with Crippen molar-refractivity contribution in [3.8, 4) is 5.75 Å². The fourth-order valence-electron chi connectivity index (χ4n) is 3.02. The van der Waals surface area contributed by atoms with E-state index in [9.17, 15) is 38.5 Å². The maximum absolute atomic E-state index is 10.8. The summed E-state index contributed by atoms with van der Waals surface area (Å²) in [5, 5.41) is 52.9. The molecule has 1 aliphatic heterocycles. The van der Waals surface area contributed by atoms with Gasteiger partial charge in [-0.15, -0.1) is 0 Å². The highest BCUT2D eigenvalue weighted by Gasteiger charge is 2.44. The Labute approximate surface area is 174 Å². The zero-order valence-corrected chi connectivity index (χ0v) is 16.8. The standard InChI is InChI=1S/C16H20N2O10S2/c19-6-10-13(21)14(22)15(23)16(27-10)29-11(18-28-30(24,25)26)4-7-5-17-8-2-1-3-9(20)12(7)8/h1-3,5,10,13-17,19-23H,4,6H2,(H,24,25,26)/p-1/b18-11+/t10-,13-,14+,15-,16+/m1/s1. The van der Waals surface area contributed by atoms with Gasteiger partial charge in [-0.25, -0.2) is 0 Å². The van der Waals surface area contributed by atoms with Crippen molar-refractivity contribution < 1.29 is 47.5 Å². The average Bonchev–Trinajstić information content (AvgIpc) is 3.10. The van der Waals surface area contributed by atoms with Crippen molar-refractivity contribution in [1.82, 2.24) is 4.98 Å². The number of phenols is 1. The van der Waals surface area contributed by atoms with Crippen LogP contribution < -0.4 is 0 Å². The minimum Gasteiger partial charge on any atom is -0.714 e. The lowest BCUT2D eigenvalue weighted by Gasteiger charge is -2.39. The molecule has 12 nitrogen and oxygen atoms in total. The number of ether oxygens (including phenoxy) is 1. The Bertz CT molecular complexity index is 1020. The number of hydrogen-bond acceptors (Lipinski definition) is 12. The van der Waals surface area contributed by atoms with E-state index in [-0.39, 0.29) is 17.2 Å². The summed E-state index contributed by atoms with van der Waals surface area (Å²) in [6.07, 6.45) is -4.67. The number of H-pyrrole nitrogens is 1. The molecule has 0 saturated carbocycles. The molecular weight excluding hydrogens is 444 g/mol. The number of aromatic amines is 1. The SMILES string of the molecule is O=S(=O)([O-])O/N=C(\Cc1c[nH]c2cccc(O)c12)S[C@@H]1O[C@H](CO)[C@@H](O)[C@H](O)[C@H]1O. The number of aromatic hydroxyl groups is 1. The minimum absolute atomic E-state index is 0.0571. The van der Waals surface area contributed by atoms with E-state index in [1.54, 1.807) is 12.1 Å². The van der Waals surface area contributed by atoms with E-state index in [1.807, 2.05) is 0 Å². The van der Waals surface area contributed by atoms with Crippen LogP contribution in [0, 0.1) is 0 Å². The lowest BCUT2D eigenvalue weighted by Crippen LogP contribution is -2.57. The smallest absolute Gasteiger partial charge is 0.284 e. The molecule has 1 saturated heterocycles. The number of aliphatic hydroxyl groups is 4. The van der Waals surface area contributed by atoms with Crippen molar-refractivity contribution in [2.45, 2.75) is 36.3 Å². The molecule has 2 heterocycles. The van der Waals surface area contributed by atoms with Gasteiger partial charge in [-0.1, -0.05) is 23.0 Å². The summed E-state index contributed by atoms with van der Waals surface area (Å²) in [5.41, 5.74) is -0.235. The van der Waals surface area contributed by atoms with Gasteiger partial charge in [0.25, 0.3) is 10.4 Å². The Morgan fingerprint density at radius 1 is 1.27 bits per heavy atom. The van der Waals surface area contributed by atoms with Gasteiger partial charge in [-0.05, 0) is 17.7 Å². The van der Waals surface area contributed by atoms with Gasteiger partial charge < -0.3 is 39.8 Å². The Morgan fingerprint density at radius 2 is 2.00 bits per heavy atom. The molecule has 1 aromatic heterocycles. The van der Waals surface area contributed by atoms with Crippen LogP contribution >= 0.6 is 11.8 Å². The van der Waals surface area contributed by atoms with Crippen LogP contribution in [0.3, 0.4) is 0 Å². The number of phenolic OH excluding ortho intramolecular Hbond substituents is 1. The van der Waals surface area contributed by atoms with Gasteiger partial charge in [-0.3, -0.25) is 4.28 Å². The van der Waals surface area contributed by atoms with Gasteiger partial charge in [0.2, 0.25) is 0 Å². The number of hydrogen-bond donors (Lipinski definition) is 6. The number of aliphatic hydroxyl groups excluding tert-OH is 4. The molecule has 0 bridgehead atoms. The number of fused-ring (bicyclic) bond motifs is 1. The minimum atomic E-state index is -5.18. The highest BCUT2D eigenvalue weighted by atomic mass is 32.3. The van der Waals surface area contributed by atoms with E-state index in [4.69, 9.17) is 4.74 Å². The first-order chi connectivity index (χ1) is 14.1. The van der Waals surface area contributed by atoms with E-state index in [0.29, 0.717) is 28.2 Å². The molecule has 5 atom stereocenters. The average molecular weight is 463 g/mol. The Hall–Kier alpha value is -1.91. The molecule has 2 aromatic rings. The number of oxime groups is 1. The summed E-state index contributed by atoms with van der Waals surface area (Å²) in [6.45, 7) is -0.657. The third-order valence-corrected chi connectivity index (χ3v) is 5.81. The molecule has 1 fully saturated rings. The molecule has 0 aliphatic carbocycles. The topological polar surface area (TPSA) is 205 Å². The zero-order valence-electron chi connectivity index (χ0n) is 15.2. The largest absolute Gasteiger partial charge is 0.714 e. The first-order valence-corrected chi connectivity index (χ1v) is 10.8. The second-order valence-electron chi connectivity index (χ2n) is 6.47. The van der Waals surface area contributed by atoms with Crippen molar-refractivity contribution in [2.75, 3.05) is 6.61 Å². The summed E-state index contributed by atoms with van der Waals surface area (Å²) < 4.78 is 41.8. The van der Waals surface area contributed by atoms with Crippen molar-refractivity contribution in [3.63, 3.8) is 0 Å². The molecular formula is C16H19N2O10S2-. The van der Waals surface area contributed by atoms with E-state index >= 15 is 0 Å². The van der Waals surface area contributed by atoms with Crippen LogP contribution in [-0.4, -0.2) is 85.0 Å². The van der Waals surface area contributed by atoms with E-state index < -0.39 is 46.9 Å². The third kappa shape index (κ3) is 5.04. The van der Waals surface area contributed by atoms with Gasteiger partial charge in [0, 0.05) is 23.5 Å². The molecule has 30 heavy (non-hydrogen) atoms. The van der Waals surface area contributed by atoms with Gasteiger partial charge in [0.05, 0.1) is 6.61 Å². The van der Waals surface area contributed by atoms with E-state index in [0.717, 1.165) is 0 Å². The molecule has 0 unspecified atom stereocenters. The molecule has 6 N–H and O–H groups in total. The highest BCUT2D eigenvalue weighted by Crippen LogP contribution is 2.33. The van der Waals surface area contributed by atoms with Crippen LogP contribution in [0.4, 0.5) is 0 Å². The van der Waals surface area contributed by atoms with Crippen molar-refractivity contribution >= 4 is 38.1 Å². The quantitative estimate of drug-likeness (QED) is 0.0980. The first kappa shape index (κ1) is 22.8. The Balaban J connectivity index is 1.89. The van der Waals surface area contributed by atoms with Crippen LogP contribution in [-0.2, 0) is 25.8 Å². The lowest BCUT2D eigenvalue weighted by molar-refractivity contribution is -0.205. The fourth-order valence-corrected chi connectivity index (χ4v) is 4.33. The van der Waals surface area contributed by atoms with Gasteiger partial charge in [-0.2, -0.15) is 8.42 Å². The monoisotopic (exact) mass is 463 g/mol. The van der Waals surface area contributed by atoms with Gasteiger partial charge in [0.1, 0.15) is 40.6 Å². The Kier molecular flexibility index (Phi) is 6.88. The highest BCUT2D eigenvalue weighted by molar-refractivity contribution is 8.14. The van der Waals surface area contributed by atoms with E-state index in [2.05, 4.69) is 14.4 Å². The second-order valence-corrected chi connectivity index (χ2v) is 8.61. The summed E-state index contributed by atoms with van der Waals surface area (Å²) in [7, 11) is -5.18. The molecule has 3 rings (SSSR count). The lowest BCUT2D eigenvalue weighted by atomic mass is 10.0. The van der Waals surface area contributed by atoms with Crippen molar-refractivity contribution in [3.05, 3.63) is 30.0 Å². The third-order valence-electron chi connectivity index (χ3n) is 4.44. The summed E-state index contributed by atoms with van der Waals surface area (Å²) in [4.78, 5) is 2.92. The van der Waals surface area contributed by atoms with Crippen LogP contribution in [0.15, 0.2) is 29.6 Å². The van der Waals surface area contributed by atoms with Crippen LogP contribution in [0.1, 0.15) is 5.56 Å². The molecule has 14 heteroatoms. The fraction of sp³-hybridized carbons (Fsp3) is 0.438. The maximum Gasteiger partial charge on any atom is 0.284 e. The molecule has 1 aliphatic rings. The van der Waals surface area contributed by atoms with Crippen LogP contribution in [0.25, 0.3) is 10.9 Å². The summed E-state index contributed by atoms with van der Waals surface area (Å²) in [6, 6.07) is 4.75. The zero-order chi connectivity index (χ0) is 22.1. The number of nitrogens with one attached hydrogen (secondary N) is 1. The van der Waals surface area contributed by atoms with Crippen LogP contribution in [0.2, 0.25) is 0 Å². The molecule has 166 valence electrons. The van der Waals surface area contributed by atoms with Crippen LogP contribution in [0.5, 0.6) is 5.75 Å². The molecule has 1 aromatic carbocycles. The predicted molar refractivity (Wildman–Crippen MR) is 103 cm³/mol. The Morgan fingerprint density at radius 3 is 2.67 bits per heavy atom. The van der Waals surface area contributed by atoms with Crippen molar-refractivity contribution in [1.29, 1.82) is 0 Å². The summed E-state index contributed by atoms with van der Waals surface area (Å²) >= 11 is 0.624. The second kappa shape index (κ2) is 9.07. The number of benzene rings is 1. The predicted octanol–water partition coefficient (Wildman–Crippen LogP) is -1.26. The van der Waals surface area contributed by atoms with Gasteiger partial charge in [0.15, 0.2) is 0 Å². The summed E-state index contributed by atoms with van der Waals surface area (Å²) in [5.74, 6) is -0.0571. The normalized spacial score (nSPS) is 28.0.